The Morgan fingerprint density at radius 2 is 1.56 bits per heavy atom. The number of nitrogens with zero attached hydrogens (tertiary/aromatic N) is 2. The van der Waals surface area contributed by atoms with E-state index in [-0.39, 0.29) is 48.1 Å². The Kier molecular flexibility index (Phi) is 11.4. The summed E-state index contributed by atoms with van der Waals surface area (Å²) < 4.78 is 25.5. The number of ketones is 1. The normalized spacial score (nSPS) is 25.7. The summed E-state index contributed by atoms with van der Waals surface area (Å²) in [6.07, 6.45) is 8.39. The molecule has 14 heteroatoms. The fourth-order valence-corrected chi connectivity index (χ4v) is 7.99. The lowest BCUT2D eigenvalue weighted by Crippen LogP contribution is -2.62. The average molecular weight is 693 g/mol. The standard InChI is InChI=1S/C34H56N6O7S/c1-9-17-35-30(43)28(41)25(21-15-16-21)37-29(42)27-24-22(34(24,5)6)18-40(27)31(44)26(20-13-11-10-12-14-20)38-32(45)36-23(33(2,3)4)19-39(7)48(8,46)47/h9,20-27H,1,10-19H2,2-8H3,(H,35,43)(H,37,42)(H2,36,38,45)/t22-,23+,24-,25?,26-,27-/m0/s1. The zero-order valence-corrected chi connectivity index (χ0v) is 30.5. The van der Waals surface area contributed by atoms with E-state index in [4.69, 9.17) is 0 Å². The van der Waals surface area contributed by atoms with Gasteiger partial charge in [-0.05, 0) is 60.2 Å². The van der Waals surface area contributed by atoms with Gasteiger partial charge < -0.3 is 26.2 Å². The van der Waals surface area contributed by atoms with Crippen LogP contribution in [0.25, 0.3) is 0 Å². The topological polar surface area (TPSA) is 174 Å². The first kappa shape index (κ1) is 37.8. The molecule has 5 amide bonds. The Bertz CT molecular complexity index is 1380. The molecule has 270 valence electrons. The number of carbonyl (C=O) groups is 5. The molecule has 0 aromatic carbocycles. The Balaban J connectivity index is 1.55. The molecule has 1 unspecified atom stereocenters. The van der Waals surface area contributed by atoms with Gasteiger partial charge in [0.15, 0.2) is 0 Å². The molecule has 6 atom stereocenters. The molecule has 1 aliphatic heterocycles. The van der Waals surface area contributed by atoms with E-state index in [9.17, 15) is 32.4 Å². The monoisotopic (exact) mass is 692 g/mol. The number of hydrogen-bond donors (Lipinski definition) is 4. The molecule has 0 spiro atoms. The Hall–Kier alpha value is -3.00. The third kappa shape index (κ3) is 8.58. The zero-order valence-electron chi connectivity index (χ0n) is 29.6. The highest BCUT2D eigenvalue weighted by atomic mass is 32.2. The minimum atomic E-state index is -3.49. The van der Waals surface area contributed by atoms with Crippen molar-refractivity contribution < 1.29 is 32.4 Å². The molecule has 0 radical (unpaired) electrons. The molecule has 1 saturated heterocycles. The minimum Gasteiger partial charge on any atom is -0.346 e. The summed E-state index contributed by atoms with van der Waals surface area (Å²) >= 11 is 0. The summed E-state index contributed by atoms with van der Waals surface area (Å²) in [5.41, 5.74) is -0.681. The van der Waals surface area contributed by atoms with Crippen molar-refractivity contribution in [2.24, 2.45) is 34.5 Å². The summed E-state index contributed by atoms with van der Waals surface area (Å²) in [5.74, 6) is -2.58. The number of amides is 5. The number of fused-ring (bicyclic) bond motifs is 1. The predicted octanol–water partition coefficient (Wildman–Crippen LogP) is 1.79. The second kappa shape index (κ2) is 14.5. The number of likely N-dealkylation sites (tertiary alicyclic amines) is 1. The van der Waals surface area contributed by atoms with Crippen LogP contribution in [0.5, 0.6) is 0 Å². The SMILES string of the molecule is C=CCNC(=O)C(=O)C(NC(=O)[C@@H]1[C@@H]2[C@H](CN1C(=O)[C@@H](NC(=O)N[C@H](CN(C)S(C)(=O)=O)C(C)(C)C)C1CCCCC1)C2(C)C)C1CC1. The first-order valence-corrected chi connectivity index (χ1v) is 19.2. The quantitative estimate of drug-likeness (QED) is 0.159. The minimum absolute atomic E-state index is 0.0527. The molecule has 48 heavy (non-hydrogen) atoms. The highest BCUT2D eigenvalue weighted by Gasteiger charge is 2.70. The second-order valence-corrected chi connectivity index (χ2v) is 18.1. The van der Waals surface area contributed by atoms with Crippen molar-refractivity contribution in [2.75, 3.05) is 32.9 Å². The second-order valence-electron chi connectivity index (χ2n) is 16.0. The van der Waals surface area contributed by atoms with Crippen LogP contribution in [0.4, 0.5) is 4.79 Å². The Labute approximate surface area is 285 Å². The van der Waals surface area contributed by atoms with E-state index in [1.54, 1.807) is 4.90 Å². The fourth-order valence-electron chi connectivity index (χ4n) is 7.57. The molecule has 4 fully saturated rings. The van der Waals surface area contributed by atoms with Crippen LogP contribution in [0.1, 0.15) is 79.6 Å². The van der Waals surface area contributed by atoms with Crippen molar-refractivity contribution in [1.82, 2.24) is 30.5 Å². The highest BCUT2D eigenvalue weighted by Crippen LogP contribution is 2.65. The van der Waals surface area contributed by atoms with E-state index in [0.29, 0.717) is 19.4 Å². The van der Waals surface area contributed by atoms with Gasteiger partial charge in [-0.2, -0.15) is 0 Å². The van der Waals surface area contributed by atoms with Gasteiger partial charge in [0.1, 0.15) is 18.1 Å². The summed E-state index contributed by atoms with van der Waals surface area (Å²) in [5, 5.41) is 11.3. The van der Waals surface area contributed by atoms with Gasteiger partial charge in [0.05, 0.1) is 6.26 Å². The lowest BCUT2D eigenvalue weighted by atomic mass is 9.83. The van der Waals surface area contributed by atoms with Crippen molar-refractivity contribution >= 4 is 39.6 Å². The number of hydrogen-bond acceptors (Lipinski definition) is 7. The maximum Gasteiger partial charge on any atom is 0.315 e. The number of nitrogens with one attached hydrogen (secondary N) is 4. The van der Waals surface area contributed by atoms with Gasteiger partial charge in [-0.1, -0.05) is 60.0 Å². The molecule has 1 heterocycles. The molecule has 0 bridgehead atoms. The van der Waals surface area contributed by atoms with Crippen LogP contribution >= 0.6 is 0 Å². The number of Topliss-reactive ketones (excluding diaryl/α,β-unsaturated/α-hetero) is 1. The van der Waals surface area contributed by atoms with Crippen LogP contribution in [0.15, 0.2) is 12.7 Å². The number of sulfonamides is 1. The maximum absolute atomic E-state index is 14.5. The van der Waals surface area contributed by atoms with E-state index in [2.05, 4.69) is 41.7 Å². The molecule has 4 N–H and O–H groups in total. The zero-order chi connectivity index (χ0) is 35.8. The number of piperidine rings is 1. The Morgan fingerprint density at radius 3 is 2.10 bits per heavy atom. The third-order valence-corrected chi connectivity index (χ3v) is 12.4. The maximum atomic E-state index is 14.5. The Morgan fingerprint density at radius 1 is 0.958 bits per heavy atom. The van der Waals surface area contributed by atoms with Crippen molar-refractivity contribution in [3.63, 3.8) is 0 Å². The molecule has 0 aromatic rings. The molecule has 3 aliphatic carbocycles. The number of urea groups is 1. The van der Waals surface area contributed by atoms with Crippen LogP contribution in [-0.4, -0.2) is 104 Å². The van der Waals surface area contributed by atoms with E-state index >= 15 is 0 Å². The van der Waals surface area contributed by atoms with Gasteiger partial charge in [0.2, 0.25) is 27.6 Å². The smallest absolute Gasteiger partial charge is 0.315 e. The van der Waals surface area contributed by atoms with Gasteiger partial charge in [0, 0.05) is 32.7 Å². The van der Waals surface area contributed by atoms with E-state index < -0.39 is 63.2 Å². The van der Waals surface area contributed by atoms with Crippen molar-refractivity contribution in [1.29, 1.82) is 0 Å². The fraction of sp³-hybridized carbons (Fsp3) is 0.794. The van der Waals surface area contributed by atoms with Gasteiger partial charge in [-0.3, -0.25) is 19.2 Å². The van der Waals surface area contributed by atoms with E-state index in [1.165, 1.54) is 17.4 Å². The predicted molar refractivity (Wildman–Crippen MR) is 182 cm³/mol. The molecular weight excluding hydrogens is 636 g/mol. The largest absolute Gasteiger partial charge is 0.346 e. The summed E-state index contributed by atoms with van der Waals surface area (Å²) in [6, 6.07) is -3.84. The first-order valence-electron chi connectivity index (χ1n) is 17.3. The van der Waals surface area contributed by atoms with Crippen LogP contribution in [-0.2, 0) is 29.2 Å². The average Bonchev–Trinajstić information content (AvgIpc) is 3.88. The first-order chi connectivity index (χ1) is 22.3. The summed E-state index contributed by atoms with van der Waals surface area (Å²) in [6.45, 7) is 14.0. The van der Waals surface area contributed by atoms with Crippen molar-refractivity contribution in [3.8, 4) is 0 Å². The molecule has 13 nitrogen and oxygen atoms in total. The molecule has 4 aliphatic rings. The van der Waals surface area contributed by atoms with Crippen molar-refractivity contribution in [2.45, 2.75) is 104 Å². The number of carbonyl (C=O) groups excluding carboxylic acids is 5. The van der Waals surface area contributed by atoms with E-state index in [1.807, 2.05) is 20.8 Å². The number of likely N-dealkylation sites (N-methyl/N-ethyl adjacent to an activating group) is 1. The number of rotatable bonds is 14. The lowest BCUT2D eigenvalue weighted by Gasteiger charge is -2.38. The molecule has 0 aromatic heterocycles. The summed E-state index contributed by atoms with van der Waals surface area (Å²) in [4.78, 5) is 69.4. The van der Waals surface area contributed by atoms with Crippen LogP contribution in [0, 0.1) is 34.5 Å². The van der Waals surface area contributed by atoms with Gasteiger partial charge in [0.25, 0.3) is 5.91 Å². The van der Waals surface area contributed by atoms with Crippen molar-refractivity contribution in [3.05, 3.63) is 12.7 Å². The summed E-state index contributed by atoms with van der Waals surface area (Å²) in [7, 11) is -2.03. The molecule has 4 rings (SSSR count). The van der Waals surface area contributed by atoms with Crippen LogP contribution < -0.4 is 21.3 Å². The van der Waals surface area contributed by atoms with E-state index in [0.717, 1.165) is 38.4 Å². The molecule has 3 saturated carbocycles. The van der Waals surface area contributed by atoms with Gasteiger partial charge in [-0.25, -0.2) is 17.5 Å². The van der Waals surface area contributed by atoms with Crippen LogP contribution in [0.2, 0.25) is 0 Å². The molecular formula is C34H56N6O7S. The highest BCUT2D eigenvalue weighted by molar-refractivity contribution is 7.88. The van der Waals surface area contributed by atoms with Gasteiger partial charge in [-0.15, -0.1) is 6.58 Å². The van der Waals surface area contributed by atoms with Gasteiger partial charge >= 0.3 is 6.03 Å². The van der Waals surface area contributed by atoms with Crippen LogP contribution in [0.3, 0.4) is 0 Å². The lowest BCUT2D eigenvalue weighted by molar-refractivity contribution is -0.145. The third-order valence-electron chi connectivity index (χ3n) is 11.1.